The lowest BCUT2D eigenvalue weighted by Gasteiger charge is -2.16. The van der Waals surface area contributed by atoms with E-state index in [1.807, 2.05) is 31.2 Å². The Morgan fingerprint density at radius 2 is 1.96 bits per heavy atom. The van der Waals surface area contributed by atoms with Crippen LogP contribution in [0.1, 0.15) is 25.0 Å². The largest absolute Gasteiger partial charge is 0.480 e. The maximum atomic E-state index is 13.1. The topological polar surface area (TPSA) is 47.6 Å². The van der Waals surface area contributed by atoms with E-state index in [9.17, 15) is 9.18 Å². The molecule has 0 aliphatic heterocycles. The van der Waals surface area contributed by atoms with Crippen LogP contribution in [0.3, 0.4) is 0 Å². The van der Waals surface area contributed by atoms with Crippen LogP contribution in [0.15, 0.2) is 46.9 Å². The minimum Gasteiger partial charge on any atom is -0.480 e. The summed E-state index contributed by atoms with van der Waals surface area (Å²) in [7, 11) is 0. The van der Waals surface area contributed by atoms with Gasteiger partial charge in [0.25, 0.3) is 5.91 Å². The van der Waals surface area contributed by atoms with E-state index in [0.29, 0.717) is 30.0 Å². The third-order valence-electron chi connectivity index (χ3n) is 3.60. The SMILES string of the molecule is CCOCc1ccccc1CNC(=O)[C@@H](C)Oc1ccc(F)cc1Br. The molecule has 6 heteroatoms. The van der Waals surface area contributed by atoms with E-state index < -0.39 is 6.10 Å². The molecule has 0 aliphatic carbocycles. The van der Waals surface area contributed by atoms with E-state index in [0.717, 1.165) is 11.1 Å². The highest BCUT2D eigenvalue weighted by atomic mass is 79.9. The molecule has 0 saturated heterocycles. The first kappa shape index (κ1) is 19.4. The van der Waals surface area contributed by atoms with Crippen LogP contribution in [0.2, 0.25) is 0 Å². The lowest BCUT2D eigenvalue weighted by molar-refractivity contribution is -0.127. The zero-order chi connectivity index (χ0) is 18.2. The van der Waals surface area contributed by atoms with E-state index in [4.69, 9.17) is 9.47 Å². The number of hydrogen-bond donors (Lipinski definition) is 1. The van der Waals surface area contributed by atoms with Gasteiger partial charge in [0.1, 0.15) is 11.6 Å². The van der Waals surface area contributed by atoms with Crippen LogP contribution >= 0.6 is 15.9 Å². The lowest BCUT2D eigenvalue weighted by atomic mass is 10.1. The number of ether oxygens (including phenoxy) is 2. The number of nitrogens with one attached hydrogen (secondary N) is 1. The van der Waals surface area contributed by atoms with Gasteiger partial charge in [-0.25, -0.2) is 4.39 Å². The van der Waals surface area contributed by atoms with Gasteiger partial charge in [-0.2, -0.15) is 0 Å². The molecule has 134 valence electrons. The summed E-state index contributed by atoms with van der Waals surface area (Å²) in [5.41, 5.74) is 2.04. The van der Waals surface area contributed by atoms with Crippen molar-refractivity contribution in [3.8, 4) is 5.75 Å². The first-order chi connectivity index (χ1) is 12.0. The average molecular weight is 410 g/mol. The summed E-state index contributed by atoms with van der Waals surface area (Å²) < 4.78 is 24.6. The Hall–Kier alpha value is -1.92. The Labute approximate surface area is 155 Å². The molecule has 1 amide bonds. The highest BCUT2D eigenvalue weighted by Crippen LogP contribution is 2.26. The molecule has 0 unspecified atom stereocenters. The molecule has 0 saturated carbocycles. The van der Waals surface area contributed by atoms with Gasteiger partial charge in [0.15, 0.2) is 6.10 Å². The number of benzene rings is 2. The van der Waals surface area contributed by atoms with Gasteiger partial charge in [0.05, 0.1) is 11.1 Å². The molecule has 1 atom stereocenters. The van der Waals surface area contributed by atoms with Crippen molar-refractivity contribution in [3.05, 3.63) is 63.9 Å². The first-order valence-electron chi connectivity index (χ1n) is 8.05. The minimum absolute atomic E-state index is 0.248. The standard InChI is InChI=1S/C19H21BrFNO3/c1-3-24-12-15-7-5-4-6-14(15)11-22-19(23)13(2)25-18-9-8-16(21)10-17(18)20/h4-10,13H,3,11-12H2,1-2H3,(H,22,23)/t13-/m1/s1. The van der Waals surface area contributed by atoms with Crippen molar-refractivity contribution in [2.75, 3.05) is 6.61 Å². The molecular weight excluding hydrogens is 389 g/mol. The molecular formula is C19H21BrFNO3. The Morgan fingerprint density at radius 3 is 2.64 bits per heavy atom. The molecule has 25 heavy (non-hydrogen) atoms. The van der Waals surface area contributed by atoms with Crippen LogP contribution in [0.25, 0.3) is 0 Å². The van der Waals surface area contributed by atoms with Gasteiger partial charge in [-0.3, -0.25) is 4.79 Å². The highest BCUT2D eigenvalue weighted by molar-refractivity contribution is 9.10. The number of amides is 1. The van der Waals surface area contributed by atoms with Crippen LogP contribution in [0.4, 0.5) is 4.39 Å². The van der Waals surface area contributed by atoms with Crippen molar-refractivity contribution in [2.45, 2.75) is 33.1 Å². The second kappa shape index (κ2) is 9.53. The fourth-order valence-corrected chi connectivity index (χ4v) is 2.67. The van der Waals surface area contributed by atoms with E-state index >= 15 is 0 Å². The van der Waals surface area contributed by atoms with Gasteiger partial charge in [0.2, 0.25) is 0 Å². The smallest absolute Gasteiger partial charge is 0.261 e. The maximum Gasteiger partial charge on any atom is 0.261 e. The van der Waals surface area contributed by atoms with Gasteiger partial charge in [-0.15, -0.1) is 0 Å². The van der Waals surface area contributed by atoms with Gasteiger partial charge in [-0.05, 0) is 59.1 Å². The van der Waals surface area contributed by atoms with Crippen molar-refractivity contribution >= 4 is 21.8 Å². The zero-order valence-corrected chi connectivity index (χ0v) is 15.8. The van der Waals surface area contributed by atoms with Crippen LogP contribution in [-0.4, -0.2) is 18.6 Å². The van der Waals surface area contributed by atoms with Crippen molar-refractivity contribution in [1.82, 2.24) is 5.32 Å². The number of halogens is 2. The molecule has 0 heterocycles. The Balaban J connectivity index is 1.93. The number of carbonyl (C=O) groups is 1. The van der Waals surface area contributed by atoms with Crippen LogP contribution in [-0.2, 0) is 22.7 Å². The van der Waals surface area contributed by atoms with Crippen molar-refractivity contribution in [1.29, 1.82) is 0 Å². The third kappa shape index (κ3) is 5.83. The molecule has 0 radical (unpaired) electrons. The molecule has 0 aromatic heterocycles. The number of hydrogen-bond acceptors (Lipinski definition) is 3. The first-order valence-corrected chi connectivity index (χ1v) is 8.84. The van der Waals surface area contributed by atoms with Crippen LogP contribution < -0.4 is 10.1 Å². The van der Waals surface area contributed by atoms with Gasteiger partial charge >= 0.3 is 0 Å². The molecule has 0 fully saturated rings. The fourth-order valence-electron chi connectivity index (χ4n) is 2.22. The quantitative estimate of drug-likeness (QED) is 0.710. The highest BCUT2D eigenvalue weighted by Gasteiger charge is 2.16. The monoisotopic (exact) mass is 409 g/mol. The molecule has 2 aromatic rings. The maximum absolute atomic E-state index is 13.1. The summed E-state index contributed by atoms with van der Waals surface area (Å²) >= 11 is 3.22. The molecule has 2 rings (SSSR count). The van der Waals surface area contributed by atoms with Crippen molar-refractivity contribution < 1.29 is 18.7 Å². The van der Waals surface area contributed by atoms with Crippen LogP contribution in [0.5, 0.6) is 5.75 Å². The Morgan fingerprint density at radius 1 is 1.24 bits per heavy atom. The van der Waals surface area contributed by atoms with E-state index in [1.54, 1.807) is 6.92 Å². The predicted molar refractivity (Wildman–Crippen MR) is 97.8 cm³/mol. The summed E-state index contributed by atoms with van der Waals surface area (Å²) in [4.78, 5) is 12.3. The average Bonchev–Trinajstić information content (AvgIpc) is 2.60. The van der Waals surface area contributed by atoms with E-state index in [1.165, 1.54) is 18.2 Å². The third-order valence-corrected chi connectivity index (χ3v) is 4.22. The lowest BCUT2D eigenvalue weighted by Crippen LogP contribution is -2.36. The second-order valence-corrected chi connectivity index (χ2v) is 6.31. The molecule has 2 aromatic carbocycles. The van der Waals surface area contributed by atoms with Crippen molar-refractivity contribution in [3.63, 3.8) is 0 Å². The predicted octanol–water partition coefficient (Wildman–Crippen LogP) is 4.21. The molecule has 4 nitrogen and oxygen atoms in total. The summed E-state index contributed by atoms with van der Waals surface area (Å²) in [6.07, 6.45) is -0.708. The summed E-state index contributed by atoms with van der Waals surface area (Å²) in [6.45, 7) is 5.13. The number of rotatable bonds is 8. The molecule has 0 bridgehead atoms. The second-order valence-electron chi connectivity index (χ2n) is 5.46. The van der Waals surface area contributed by atoms with Gasteiger partial charge < -0.3 is 14.8 Å². The normalized spacial score (nSPS) is 11.8. The minimum atomic E-state index is -0.708. The van der Waals surface area contributed by atoms with Gasteiger partial charge in [0, 0.05) is 13.2 Å². The molecule has 1 N–H and O–H groups in total. The summed E-state index contributed by atoms with van der Waals surface area (Å²) in [5.74, 6) is -0.203. The Bertz CT molecular complexity index is 724. The van der Waals surface area contributed by atoms with Crippen LogP contribution in [0, 0.1) is 5.82 Å². The zero-order valence-electron chi connectivity index (χ0n) is 14.2. The molecule has 0 aliphatic rings. The van der Waals surface area contributed by atoms with Gasteiger partial charge in [-0.1, -0.05) is 24.3 Å². The van der Waals surface area contributed by atoms with E-state index in [2.05, 4.69) is 21.2 Å². The summed E-state index contributed by atoms with van der Waals surface area (Å²) in [6, 6.07) is 11.9. The van der Waals surface area contributed by atoms with Crippen molar-refractivity contribution in [2.24, 2.45) is 0 Å². The fraction of sp³-hybridized carbons (Fsp3) is 0.316. The van der Waals surface area contributed by atoms with E-state index in [-0.39, 0.29) is 11.7 Å². The molecule has 0 spiro atoms. The summed E-state index contributed by atoms with van der Waals surface area (Å²) in [5, 5.41) is 2.86. The number of carbonyl (C=O) groups excluding carboxylic acids is 1. The Kier molecular flexibility index (Phi) is 7.40.